The molecule has 0 unspecified atom stereocenters. The third kappa shape index (κ3) is 1.84. The molecule has 4 aliphatic carbocycles. The zero-order chi connectivity index (χ0) is 14.8. The van der Waals surface area contributed by atoms with Gasteiger partial charge in [-0.25, -0.2) is 0 Å². The monoisotopic (exact) mass is 290 g/mol. The number of aliphatic hydroxyl groups excluding tert-OH is 1. The topological polar surface area (TPSA) is 37.3 Å². The normalized spacial score (nSPS) is 56.5. The third-order valence-corrected chi connectivity index (χ3v) is 8.35. The van der Waals surface area contributed by atoms with Crippen LogP contribution in [0.1, 0.15) is 71.6 Å². The highest BCUT2D eigenvalue weighted by atomic mass is 16.3. The van der Waals surface area contributed by atoms with Gasteiger partial charge in [-0.3, -0.25) is 4.79 Å². The molecule has 4 saturated carbocycles. The average Bonchev–Trinajstić information content (AvgIpc) is 2.76. The maximum atomic E-state index is 12.4. The number of carbonyl (C=O) groups excluding carboxylic acids is 1. The lowest BCUT2D eigenvalue weighted by Crippen LogP contribution is -2.54. The van der Waals surface area contributed by atoms with Crippen LogP contribution in [0.15, 0.2) is 0 Å². The molecule has 0 aromatic heterocycles. The molecule has 4 aliphatic rings. The lowest BCUT2D eigenvalue weighted by atomic mass is 9.45. The van der Waals surface area contributed by atoms with Gasteiger partial charge in [0, 0.05) is 11.8 Å². The Bertz CT molecular complexity index is 458. The van der Waals surface area contributed by atoms with Gasteiger partial charge in [-0.2, -0.15) is 0 Å². The summed E-state index contributed by atoms with van der Waals surface area (Å²) in [6, 6.07) is 0. The number of carbonyl (C=O) groups is 1. The molecular weight excluding hydrogens is 260 g/mol. The van der Waals surface area contributed by atoms with E-state index in [9.17, 15) is 9.90 Å². The van der Waals surface area contributed by atoms with Crippen molar-refractivity contribution < 1.29 is 9.90 Å². The Morgan fingerprint density at radius 2 is 1.81 bits per heavy atom. The van der Waals surface area contributed by atoms with Crippen molar-refractivity contribution in [2.75, 3.05) is 0 Å². The summed E-state index contributed by atoms with van der Waals surface area (Å²) in [6.07, 6.45) is 10.1. The Hall–Kier alpha value is -0.370. The molecule has 2 nitrogen and oxygen atoms in total. The molecule has 0 spiro atoms. The van der Waals surface area contributed by atoms with Gasteiger partial charge in [0.05, 0.1) is 6.10 Å². The van der Waals surface area contributed by atoms with Crippen molar-refractivity contribution in [1.82, 2.24) is 0 Å². The van der Waals surface area contributed by atoms with E-state index in [2.05, 4.69) is 13.8 Å². The Morgan fingerprint density at radius 1 is 1.00 bits per heavy atom. The summed E-state index contributed by atoms with van der Waals surface area (Å²) in [7, 11) is 0. The van der Waals surface area contributed by atoms with Crippen molar-refractivity contribution in [3.8, 4) is 0 Å². The predicted octanol–water partition coefficient (Wildman–Crippen LogP) is 3.96. The van der Waals surface area contributed by atoms with Gasteiger partial charge in [0.25, 0.3) is 0 Å². The van der Waals surface area contributed by atoms with Gasteiger partial charge < -0.3 is 5.11 Å². The van der Waals surface area contributed by atoms with Crippen LogP contribution in [-0.2, 0) is 4.79 Å². The minimum Gasteiger partial charge on any atom is -0.393 e. The van der Waals surface area contributed by atoms with Crippen molar-refractivity contribution in [1.29, 1.82) is 0 Å². The second-order valence-corrected chi connectivity index (χ2v) is 9.00. The first kappa shape index (κ1) is 14.2. The fourth-order valence-corrected chi connectivity index (χ4v) is 7.01. The van der Waals surface area contributed by atoms with Gasteiger partial charge in [0.15, 0.2) is 0 Å². The van der Waals surface area contributed by atoms with E-state index < -0.39 is 0 Å². The molecule has 21 heavy (non-hydrogen) atoms. The number of hydrogen-bond donors (Lipinski definition) is 1. The zero-order valence-corrected chi connectivity index (χ0v) is 13.6. The van der Waals surface area contributed by atoms with Crippen LogP contribution in [0.25, 0.3) is 0 Å². The predicted molar refractivity (Wildman–Crippen MR) is 82.7 cm³/mol. The SMILES string of the molecule is C[C@]12CC[C@@H](O)C[C@H]1CC[C@H]1[C@H]2CC[C@]2(C)C(=O)CC[C@H]12. The first-order chi connectivity index (χ1) is 9.95. The highest BCUT2D eigenvalue weighted by Crippen LogP contribution is 2.65. The maximum absolute atomic E-state index is 12.4. The molecule has 4 fully saturated rings. The van der Waals surface area contributed by atoms with Gasteiger partial charge in [0.2, 0.25) is 0 Å². The summed E-state index contributed by atoms with van der Waals surface area (Å²) >= 11 is 0. The van der Waals surface area contributed by atoms with Crippen LogP contribution >= 0.6 is 0 Å². The fourth-order valence-electron chi connectivity index (χ4n) is 7.01. The van der Waals surface area contributed by atoms with Crippen molar-refractivity contribution in [3.63, 3.8) is 0 Å². The third-order valence-electron chi connectivity index (χ3n) is 8.35. The van der Waals surface area contributed by atoms with E-state index in [1.165, 1.54) is 25.7 Å². The lowest BCUT2D eigenvalue weighted by molar-refractivity contribution is -0.142. The molecule has 0 saturated heterocycles. The number of ketones is 1. The zero-order valence-electron chi connectivity index (χ0n) is 13.6. The van der Waals surface area contributed by atoms with Gasteiger partial charge in [-0.15, -0.1) is 0 Å². The summed E-state index contributed by atoms with van der Waals surface area (Å²) in [5.74, 6) is 3.54. The van der Waals surface area contributed by atoms with Crippen LogP contribution in [0.3, 0.4) is 0 Å². The molecule has 7 atom stereocenters. The van der Waals surface area contributed by atoms with Crippen molar-refractivity contribution in [2.45, 2.75) is 77.7 Å². The van der Waals surface area contributed by atoms with Crippen molar-refractivity contribution in [3.05, 3.63) is 0 Å². The minimum atomic E-state index is -0.0541. The largest absolute Gasteiger partial charge is 0.393 e. The second kappa shape index (κ2) is 4.57. The smallest absolute Gasteiger partial charge is 0.139 e. The Balaban J connectivity index is 1.64. The van der Waals surface area contributed by atoms with Crippen LogP contribution in [0.5, 0.6) is 0 Å². The van der Waals surface area contributed by atoms with Crippen LogP contribution in [0.2, 0.25) is 0 Å². The molecule has 4 rings (SSSR count). The molecule has 1 N–H and O–H groups in total. The molecule has 0 radical (unpaired) electrons. The summed E-state index contributed by atoms with van der Waals surface area (Å²) in [6.45, 7) is 4.78. The van der Waals surface area contributed by atoms with Crippen LogP contribution in [0, 0.1) is 34.5 Å². The number of aliphatic hydroxyl groups is 1. The molecule has 118 valence electrons. The van der Waals surface area contributed by atoms with Crippen LogP contribution < -0.4 is 0 Å². The fraction of sp³-hybridized carbons (Fsp3) is 0.947. The molecule has 0 amide bonds. The van der Waals surface area contributed by atoms with E-state index >= 15 is 0 Å². The van der Waals surface area contributed by atoms with Gasteiger partial charge in [-0.05, 0) is 80.5 Å². The van der Waals surface area contributed by atoms with E-state index in [4.69, 9.17) is 0 Å². The van der Waals surface area contributed by atoms with E-state index in [0.29, 0.717) is 17.1 Å². The van der Waals surface area contributed by atoms with E-state index in [1.54, 1.807) is 0 Å². The quantitative estimate of drug-likeness (QED) is 0.733. The van der Waals surface area contributed by atoms with Gasteiger partial charge in [0.1, 0.15) is 5.78 Å². The highest BCUT2D eigenvalue weighted by Gasteiger charge is 2.60. The molecule has 2 heteroatoms. The Morgan fingerprint density at radius 3 is 2.62 bits per heavy atom. The molecule has 0 heterocycles. The molecule has 0 bridgehead atoms. The van der Waals surface area contributed by atoms with Crippen molar-refractivity contribution >= 4 is 5.78 Å². The summed E-state index contributed by atoms with van der Waals surface area (Å²) in [5.41, 5.74) is 0.452. The Labute approximate surface area is 128 Å². The molecular formula is C19H30O2. The molecule has 0 aromatic rings. The first-order valence-electron chi connectivity index (χ1n) is 9.16. The first-order valence-corrected chi connectivity index (χ1v) is 9.16. The number of hydrogen-bond acceptors (Lipinski definition) is 2. The summed E-state index contributed by atoms with van der Waals surface area (Å²) in [5, 5.41) is 10.0. The Kier molecular flexibility index (Phi) is 3.10. The van der Waals surface area contributed by atoms with Gasteiger partial charge in [-0.1, -0.05) is 13.8 Å². The number of Topliss-reactive ketones (excluding diaryl/α,β-unsaturated/α-hetero) is 1. The van der Waals surface area contributed by atoms with Crippen molar-refractivity contribution in [2.24, 2.45) is 34.5 Å². The number of rotatable bonds is 0. The van der Waals surface area contributed by atoms with Crippen LogP contribution in [0.4, 0.5) is 0 Å². The van der Waals surface area contributed by atoms with E-state index in [-0.39, 0.29) is 11.5 Å². The molecule has 0 aromatic carbocycles. The lowest BCUT2D eigenvalue weighted by Gasteiger charge is -2.60. The van der Waals surface area contributed by atoms with Crippen LogP contribution in [-0.4, -0.2) is 17.0 Å². The minimum absolute atomic E-state index is 0.0124. The van der Waals surface area contributed by atoms with E-state index in [0.717, 1.165) is 49.9 Å². The second-order valence-electron chi connectivity index (χ2n) is 9.00. The highest BCUT2D eigenvalue weighted by molar-refractivity contribution is 5.87. The molecule has 0 aliphatic heterocycles. The average molecular weight is 290 g/mol. The standard InChI is InChI=1S/C19H30O2/c1-18-9-7-13(20)11-12(18)3-4-14-15-5-6-17(21)19(15,2)10-8-16(14)18/h12-16,20H,3-11H2,1-2H3/t12-,13-,14-,15-,16-,18+,19+/m1/s1. The maximum Gasteiger partial charge on any atom is 0.139 e. The summed E-state index contributed by atoms with van der Waals surface area (Å²) < 4.78 is 0. The van der Waals surface area contributed by atoms with Gasteiger partial charge >= 0.3 is 0 Å². The summed E-state index contributed by atoms with van der Waals surface area (Å²) in [4.78, 5) is 12.4. The number of fused-ring (bicyclic) bond motifs is 5. The van der Waals surface area contributed by atoms with E-state index in [1.807, 2.05) is 0 Å².